The molecule has 1 aromatic carbocycles. The molecular weight excluding hydrogens is 337 g/mol. The lowest BCUT2D eigenvalue weighted by Crippen LogP contribution is -2.27. The molecule has 0 radical (unpaired) electrons. The number of rotatable bonds is 1. The van der Waals surface area contributed by atoms with Gasteiger partial charge in [-0.05, 0) is 19.1 Å². The number of aromatic hydroxyl groups is 1. The largest absolute Gasteiger partial charge is 0.505 e. The molecule has 0 bridgehead atoms. The number of phenolic OH excluding ortho intramolecular Hbond substituents is 1. The molecule has 1 N–H and O–H groups in total. The molecule has 0 unspecified atom stereocenters. The van der Waals surface area contributed by atoms with E-state index >= 15 is 0 Å². The Labute approximate surface area is 143 Å². The number of aryl methyl sites for hydroxylation is 1. The first kappa shape index (κ1) is 16.0. The van der Waals surface area contributed by atoms with Gasteiger partial charge in [-0.15, -0.1) is 10.2 Å². The second-order valence-electron chi connectivity index (χ2n) is 6.30. The van der Waals surface area contributed by atoms with Crippen LogP contribution in [0, 0.1) is 12.3 Å². The summed E-state index contributed by atoms with van der Waals surface area (Å²) in [6.07, 6.45) is 0. The number of nitrogens with zero attached hydrogens (tertiary/aromatic N) is 5. The average molecular weight is 352 g/mol. The molecule has 0 amide bonds. The van der Waals surface area contributed by atoms with Gasteiger partial charge in [0.05, 0.1) is 21.4 Å². The standard InChI is InChI=1S/C15H15Cl2N5O/c1-7-19-20-14-11(13(15(2,3)4)21-22(7)14)18-8-5-9(16)12(23)10(17)6-8/h5-6,23H,1-4H3. The third-order valence-corrected chi connectivity index (χ3v) is 3.96. The van der Waals surface area contributed by atoms with Crippen molar-refractivity contribution in [3.05, 3.63) is 33.8 Å². The van der Waals surface area contributed by atoms with Gasteiger partial charge in [0.1, 0.15) is 5.71 Å². The average Bonchev–Trinajstić information content (AvgIpc) is 2.97. The van der Waals surface area contributed by atoms with Gasteiger partial charge in [-0.25, -0.2) is 4.99 Å². The van der Waals surface area contributed by atoms with Gasteiger partial charge in [0, 0.05) is 5.41 Å². The van der Waals surface area contributed by atoms with Crippen LogP contribution in [0.15, 0.2) is 22.2 Å². The molecule has 0 saturated heterocycles. The summed E-state index contributed by atoms with van der Waals surface area (Å²) in [6, 6.07) is 3.09. The van der Waals surface area contributed by atoms with E-state index in [1.807, 2.05) is 27.7 Å². The summed E-state index contributed by atoms with van der Waals surface area (Å²) >= 11 is 11.9. The molecule has 1 aliphatic rings. The van der Waals surface area contributed by atoms with Crippen molar-refractivity contribution in [3.63, 3.8) is 0 Å². The summed E-state index contributed by atoms with van der Waals surface area (Å²) in [7, 11) is 0. The molecule has 3 rings (SSSR count). The van der Waals surface area contributed by atoms with Gasteiger partial charge in [-0.1, -0.05) is 44.0 Å². The number of hydrogen-bond donors (Lipinski definition) is 1. The van der Waals surface area contributed by atoms with Crippen molar-refractivity contribution < 1.29 is 5.11 Å². The lowest BCUT2D eigenvalue weighted by Gasteiger charge is -2.18. The molecule has 23 heavy (non-hydrogen) atoms. The number of phenols is 1. The lowest BCUT2D eigenvalue weighted by molar-refractivity contribution is 0.476. The molecule has 0 aliphatic carbocycles. The summed E-state index contributed by atoms with van der Waals surface area (Å²) in [5.74, 6) is 1.11. The summed E-state index contributed by atoms with van der Waals surface area (Å²) in [5.41, 5.74) is 1.71. The highest BCUT2D eigenvalue weighted by Crippen LogP contribution is 2.36. The Kier molecular flexibility index (Phi) is 3.69. The molecule has 0 spiro atoms. The predicted molar refractivity (Wildman–Crippen MR) is 91.4 cm³/mol. The Balaban J connectivity index is 2.18. The van der Waals surface area contributed by atoms with E-state index in [0.717, 1.165) is 5.71 Å². The third-order valence-electron chi connectivity index (χ3n) is 3.39. The van der Waals surface area contributed by atoms with Crippen LogP contribution in [-0.2, 0) is 0 Å². The van der Waals surface area contributed by atoms with Crippen LogP contribution in [0.3, 0.4) is 0 Å². The number of halogens is 2. The molecule has 0 saturated carbocycles. The molecule has 8 heteroatoms. The first-order valence-electron chi connectivity index (χ1n) is 6.97. The maximum absolute atomic E-state index is 9.67. The van der Waals surface area contributed by atoms with Crippen molar-refractivity contribution in [2.45, 2.75) is 27.7 Å². The smallest absolute Gasteiger partial charge is 0.205 e. The van der Waals surface area contributed by atoms with Gasteiger partial charge in [0.25, 0.3) is 0 Å². The van der Waals surface area contributed by atoms with E-state index in [9.17, 15) is 5.11 Å². The van der Waals surface area contributed by atoms with Crippen LogP contribution in [0.4, 0.5) is 5.69 Å². The highest BCUT2D eigenvalue weighted by Gasteiger charge is 2.34. The lowest BCUT2D eigenvalue weighted by atomic mass is 9.87. The number of hydrogen-bond acceptors (Lipinski definition) is 5. The highest BCUT2D eigenvalue weighted by atomic mass is 35.5. The van der Waals surface area contributed by atoms with Gasteiger partial charge in [0.2, 0.25) is 5.82 Å². The maximum atomic E-state index is 9.67. The van der Waals surface area contributed by atoms with E-state index in [-0.39, 0.29) is 21.2 Å². The SMILES string of the molecule is Cc1nnc2n1N=C(C(C)(C)C)C2=Nc1cc(Cl)c(O)c(Cl)c1. The molecule has 1 aliphatic heterocycles. The van der Waals surface area contributed by atoms with Gasteiger partial charge >= 0.3 is 0 Å². The minimum Gasteiger partial charge on any atom is -0.505 e. The van der Waals surface area contributed by atoms with Gasteiger partial charge < -0.3 is 5.11 Å². The topological polar surface area (TPSA) is 75.7 Å². The minimum absolute atomic E-state index is 0.141. The highest BCUT2D eigenvalue weighted by molar-refractivity contribution is 6.50. The van der Waals surface area contributed by atoms with E-state index in [1.54, 1.807) is 16.8 Å². The zero-order valence-electron chi connectivity index (χ0n) is 13.1. The fourth-order valence-electron chi connectivity index (χ4n) is 2.23. The molecule has 0 atom stereocenters. The summed E-state index contributed by atoms with van der Waals surface area (Å²) in [6.45, 7) is 7.98. The predicted octanol–water partition coefficient (Wildman–Crippen LogP) is 3.98. The zero-order valence-corrected chi connectivity index (χ0v) is 14.6. The van der Waals surface area contributed by atoms with Crippen LogP contribution in [0.5, 0.6) is 5.75 Å². The second kappa shape index (κ2) is 5.32. The van der Waals surface area contributed by atoms with Crippen molar-refractivity contribution >= 4 is 40.3 Å². The Morgan fingerprint density at radius 3 is 2.30 bits per heavy atom. The fraction of sp³-hybridized carbons (Fsp3) is 0.333. The molecule has 0 fully saturated rings. The van der Waals surface area contributed by atoms with Crippen LogP contribution < -0.4 is 0 Å². The van der Waals surface area contributed by atoms with Gasteiger partial charge in [-0.2, -0.15) is 9.78 Å². The molecular formula is C15H15Cl2N5O. The van der Waals surface area contributed by atoms with Crippen LogP contribution in [0.1, 0.15) is 32.4 Å². The maximum Gasteiger partial charge on any atom is 0.205 e. The number of aromatic nitrogens is 3. The molecule has 2 aromatic rings. The van der Waals surface area contributed by atoms with E-state index in [1.165, 1.54) is 0 Å². The zero-order chi connectivity index (χ0) is 16.9. The number of fused-ring (bicyclic) bond motifs is 1. The Hall–Kier alpha value is -1.92. The quantitative estimate of drug-likeness (QED) is 0.843. The normalized spacial score (nSPS) is 15.9. The first-order valence-corrected chi connectivity index (χ1v) is 7.73. The third kappa shape index (κ3) is 2.72. The summed E-state index contributed by atoms with van der Waals surface area (Å²) in [5, 5.41) is 22.7. The Bertz CT molecular complexity index is 838. The Morgan fingerprint density at radius 2 is 1.74 bits per heavy atom. The van der Waals surface area contributed by atoms with Crippen molar-refractivity contribution in [2.24, 2.45) is 15.5 Å². The van der Waals surface area contributed by atoms with Crippen molar-refractivity contribution in [3.8, 4) is 5.75 Å². The van der Waals surface area contributed by atoms with Crippen LogP contribution in [0.2, 0.25) is 10.0 Å². The Morgan fingerprint density at radius 1 is 1.13 bits per heavy atom. The van der Waals surface area contributed by atoms with Gasteiger partial charge in [-0.3, -0.25) is 0 Å². The van der Waals surface area contributed by atoms with E-state index < -0.39 is 0 Å². The molecule has 6 nitrogen and oxygen atoms in total. The van der Waals surface area contributed by atoms with Crippen LogP contribution in [0.25, 0.3) is 0 Å². The summed E-state index contributed by atoms with van der Waals surface area (Å²) < 4.78 is 1.67. The van der Waals surface area contributed by atoms with Crippen molar-refractivity contribution in [1.29, 1.82) is 0 Å². The van der Waals surface area contributed by atoms with Crippen LogP contribution in [-0.4, -0.2) is 31.4 Å². The number of aliphatic imine (C=N–C) groups is 1. The van der Waals surface area contributed by atoms with E-state index in [0.29, 0.717) is 23.0 Å². The molecule has 2 heterocycles. The van der Waals surface area contributed by atoms with Crippen LogP contribution >= 0.6 is 23.2 Å². The number of benzene rings is 1. The molecule has 1 aromatic heterocycles. The first-order chi connectivity index (χ1) is 10.7. The van der Waals surface area contributed by atoms with E-state index in [2.05, 4.69) is 20.3 Å². The van der Waals surface area contributed by atoms with E-state index in [4.69, 9.17) is 23.2 Å². The monoisotopic (exact) mass is 351 g/mol. The van der Waals surface area contributed by atoms with Gasteiger partial charge in [0.15, 0.2) is 11.6 Å². The minimum atomic E-state index is -0.226. The summed E-state index contributed by atoms with van der Waals surface area (Å²) in [4.78, 5) is 4.61. The molecule has 120 valence electrons. The fourth-order valence-corrected chi connectivity index (χ4v) is 2.71. The second-order valence-corrected chi connectivity index (χ2v) is 7.11. The van der Waals surface area contributed by atoms with Crippen molar-refractivity contribution in [2.75, 3.05) is 0 Å². The van der Waals surface area contributed by atoms with Crippen molar-refractivity contribution in [1.82, 2.24) is 14.9 Å².